The molecule has 0 unspecified atom stereocenters. The SMILES string of the molecule is CCOC(=O)[C@](N)(CF)CCCN. The fraction of sp³-hybridized carbons (Fsp3) is 0.875. The second-order valence-electron chi connectivity index (χ2n) is 2.90. The number of alkyl halides is 1. The number of esters is 1. The normalized spacial score (nSPS) is 15.1. The van der Waals surface area contributed by atoms with E-state index >= 15 is 0 Å². The molecular weight excluding hydrogens is 175 g/mol. The van der Waals surface area contributed by atoms with E-state index in [-0.39, 0.29) is 13.0 Å². The van der Waals surface area contributed by atoms with Crippen molar-refractivity contribution in [1.82, 2.24) is 0 Å². The van der Waals surface area contributed by atoms with Crippen LogP contribution < -0.4 is 11.5 Å². The van der Waals surface area contributed by atoms with Crippen LogP contribution in [0.1, 0.15) is 19.8 Å². The minimum absolute atomic E-state index is 0.209. The summed E-state index contributed by atoms with van der Waals surface area (Å²) in [5, 5.41) is 0. The molecule has 1 atom stereocenters. The Morgan fingerprint density at radius 3 is 2.62 bits per heavy atom. The molecule has 0 bridgehead atoms. The maximum atomic E-state index is 12.5. The van der Waals surface area contributed by atoms with Gasteiger partial charge in [-0.1, -0.05) is 0 Å². The summed E-state index contributed by atoms with van der Waals surface area (Å²) in [4.78, 5) is 11.2. The number of hydrogen-bond donors (Lipinski definition) is 2. The molecule has 0 rings (SSSR count). The predicted molar refractivity (Wildman–Crippen MR) is 47.8 cm³/mol. The summed E-state index contributed by atoms with van der Waals surface area (Å²) < 4.78 is 17.1. The minimum Gasteiger partial charge on any atom is -0.465 e. The lowest BCUT2D eigenvalue weighted by atomic mass is 9.96. The Morgan fingerprint density at radius 1 is 1.62 bits per heavy atom. The van der Waals surface area contributed by atoms with Crippen LogP contribution in [-0.4, -0.2) is 31.3 Å². The van der Waals surface area contributed by atoms with Crippen LogP contribution in [0.5, 0.6) is 0 Å². The highest BCUT2D eigenvalue weighted by Gasteiger charge is 2.34. The van der Waals surface area contributed by atoms with E-state index in [1.807, 2.05) is 0 Å². The van der Waals surface area contributed by atoms with Gasteiger partial charge in [-0.15, -0.1) is 0 Å². The molecule has 0 aliphatic rings. The van der Waals surface area contributed by atoms with Crippen LogP contribution in [0, 0.1) is 0 Å². The zero-order chi connectivity index (χ0) is 10.3. The van der Waals surface area contributed by atoms with Crippen LogP contribution in [0.3, 0.4) is 0 Å². The summed E-state index contributed by atoms with van der Waals surface area (Å²) in [5.41, 5.74) is 9.24. The van der Waals surface area contributed by atoms with Gasteiger partial charge in [-0.25, -0.2) is 9.18 Å². The van der Waals surface area contributed by atoms with Crippen molar-refractivity contribution < 1.29 is 13.9 Å². The van der Waals surface area contributed by atoms with Gasteiger partial charge in [0.15, 0.2) is 0 Å². The summed E-state index contributed by atoms with van der Waals surface area (Å²) in [5.74, 6) is -0.689. The first-order valence-corrected chi connectivity index (χ1v) is 4.33. The van der Waals surface area contributed by atoms with E-state index in [9.17, 15) is 9.18 Å². The zero-order valence-corrected chi connectivity index (χ0v) is 7.88. The second kappa shape index (κ2) is 5.88. The van der Waals surface area contributed by atoms with Gasteiger partial charge in [0.1, 0.15) is 12.2 Å². The van der Waals surface area contributed by atoms with E-state index in [4.69, 9.17) is 11.5 Å². The van der Waals surface area contributed by atoms with E-state index in [2.05, 4.69) is 4.74 Å². The maximum absolute atomic E-state index is 12.5. The number of rotatable bonds is 6. The molecule has 0 aromatic heterocycles. The van der Waals surface area contributed by atoms with Crippen molar-refractivity contribution in [2.45, 2.75) is 25.3 Å². The Bertz CT molecular complexity index is 166. The Hall–Kier alpha value is -0.680. The lowest BCUT2D eigenvalue weighted by Crippen LogP contribution is -2.51. The van der Waals surface area contributed by atoms with E-state index in [0.29, 0.717) is 13.0 Å². The number of nitrogens with two attached hydrogens (primary N) is 2. The molecule has 4 nitrogen and oxygen atoms in total. The van der Waals surface area contributed by atoms with Gasteiger partial charge in [0.25, 0.3) is 0 Å². The minimum atomic E-state index is -1.50. The van der Waals surface area contributed by atoms with E-state index < -0.39 is 18.2 Å². The van der Waals surface area contributed by atoms with E-state index in [0.717, 1.165) is 0 Å². The molecule has 0 amide bonds. The van der Waals surface area contributed by atoms with Gasteiger partial charge in [-0.05, 0) is 26.3 Å². The molecule has 0 saturated carbocycles. The van der Waals surface area contributed by atoms with Crippen molar-refractivity contribution in [3.63, 3.8) is 0 Å². The number of ether oxygens (including phenoxy) is 1. The third kappa shape index (κ3) is 3.69. The van der Waals surface area contributed by atoms with Gasteiger partial charge in [0.2, 0.25) is 0 Å². The van der Waals surface area contributed by atoms with Crippen LogP contribution in [0.2, 0.25) is 0 Å². The fourth-order valence-electron chi connectivity index (χ4n) is 0.916. The van der Waals surface area contributed by atoms with Crippen molar-refractivity contribution in [3.05, 3.63) is 0 Å². The third-order valence-corrected chi connectivity index (χ3v) is 1.75. The largest absolute Gasteiger partial charge is 0.465 e. The van der Waals surface area contributed by atoms with Gasteiger partial charge >= 0.3 is 5.97 Å². The number of carbonyl (C=O) groups is 1. The van der Waals surface area contributed by atoms with Crippen molar-refractivity contribution in [1.29, 1.82) is 0 Å². The molecule has 0 aromatic carbocycles. The Labute approximate surface area is 77.4 Å². The number of halogens is 1. The highest BCUT2D eigenvalue weighted by atomic mass is 19.1. The van der Waals surface area contributed by atoms with Crippen LogP contribution in [0.15, 0.2) is 0 Å². The molecule has 0 aromatic rings. The summed E-state index contributed by atoms with van der Waals surface area (Å²) >= 11 is 0. The van der Waals surface area contributed by atoms with Crippen LogP contribution in [0.4, 0.5) is 4.39 Å². The first-order valence-electron chi connectivity index (χ1n) is 4.33. The van der Waals surface area contributed by atoms with Gasteiger partial charge in [-0.2, -0.15) is 0 Å². The Balaban J connectivity index is 4.16. The summed E-state index contributed by atoms with van der Waals surface area (Å²) in [6.45, 7) is 1.34. The molecule has 4 N–H and O–H groups in total. The number of carbonyl (C=O) groups excluding carboxylic acids is 1. The first kappa shape index (κ1) is 12.3. The highest BCUT2D eigenvalue weighted by Crippen LogP contribution is 2.12. The molecule has 0 saturated heterocycles. The van der Waals surface area contributed by atoms with Crippen LogP contribution in [-0.2, 0) is 9.53 Å². The molecule has 13 heavy (non-hydrogen) atoms. The topological polar surface area (TPSA) is 78.3 Å². The highest BCUT2D eigenvalue weighted by molar-refractivity contribution is 5.80. The quantitative estimate of drug-likeness (QED) is 0.578. The Morgan fingerprint density at radius 2 is 2.23 bits per heavy atom. The van der Waals surface area contributed by atoms with Crippen molar-refractivity contribution in [2.75, 3.05) is 19.8 Å². The van der Waals surface area contributed by atoms with E-state index in [1.54, 1.807) is 6.92 Å². The smallest absolute Gasteiger partial charge is 0.328 e. The number of hydrogen-bond acceptors (Lipinski definition) is 4. The molecule has 0 spiro atoms. The van der Waals surface area contributed by atoms with Crippen LogP contribution in [0.25, 0.3) is 0 Å². The third-order valence-electron chi connectivity index (χ3n) is 1.75. The average Bonchev–Trinajstić information content (AvgIpc) is 2.14. The van der Waals surface area contributed by atoms with E-state index in [1.165, 1.54) is 0 Å². The average molecular weight is 192 g/mol. The molecule has 0 aliphatic carbocycles. The lowest BCUT2D eigenvalue weighted by Gasteiger charge is -2.23. The zero-order valence-electron chi connectivity index (χ0n) is 7.88. The molecule has 5 heteroatoms. The molecule has 0 radical (unpaired) electrons. The van der Waals surface area contributed by atoms with Gasteiger partial charge in [0.05, 0.1) is 6.61 Å². The first-order chi connectivity index (χ1) is 6.10. The monoisotopic (exact) mass is 192 g/mol. The predicted octanol–water partition coefficient (Wildman–Crippen LogP) is -0.0446. The molecule has 0 heterocycles. The van der Waals surface area contributed by atoms with Crippen LogP contribution >= 0.6 is 0 Å². The standard InChI is InChI=1S/C8H17FN2O2/c1-2-13-7(12)8(11,6-9)4-3-5-10/h2-6,10-11H2,1H3/t8-/m1/s1. The van der Waals surface area contributed by atoms with Crippen molar-refractivity contribution >= 4 is 5.97 Å². The molecule has 0 aliphatic heterocycles. The molecule has 78 valence electrons. The lowest BCUT2D eigenvalue weighted by molar-refractivity contribution is -0.150. The van der Waals surface area contributed by atoms with Crippen molar-refractivity contribution in [3.8, 4) is 0 Å². The summed E-state index contributed by atoms with van der Waals surface area (Å²) in [6.07, 6.45) is 0.734. The second-order valence-corrected chi connectivity index (χ2v) is 2.90. The molecular formula is C8H17FN2O2. The maximum Gasteiger partial charge on any atom is 0.328 e. The van der Waals surface area contributed by atoms with Gasteiger partial charge in [-0.3, -0.25) is 0 Å². The summed E-state index contributed by atoms with van der Waals surface area (Å²) in [6, 6.07) is 0. The van der Waals surface area contributed by atoms with Crippen molar-refractivity contribution in [2.24, 2.45) is 11.5 Å². The summed E-state index contributed by atoms with van der Waals surface area (Å²) in [7, 11) is 0. The van der Waals surface area contributed by atoms with Gasteiger partial charge < -0.3 is 16.2 Å². The Kier molecular flexibility index (Phi) is 5.57. The fourth-order valence-corrected chi connectivity index (χ4v) is 0.916. The van der Waals surface area contributed by atoms with Gasteiger partial charge in [0, 0.05) is 0 Å². The molecule has 0 fully saturated rings.